The average molecular weight is 563 g/mol. The number of benzene rings is 3. The number of aromatic amines is 1. The fourth-order valence-electron chi connectivity index (χ4n) is 7.26. The van der Waals surface area contributed by atoms with Gasteiger partial charge >= 0.3 is 0 Å². The van der Waals surface area contributed by atoms with Gasteiger partial charge in [-0.15, -0.1) is 0 Å². The number of aromatic nitrogens is 3. The van der Waals surface area contributed by atoms with Gasteiger partial charge in [0.2, 0.25) is 5.43 Å². The first-order valence-electron chi connectivity index (χ1n) is 14.5. The molecular formula is C34H28F2N4O2. The molecule has 2 bridgehead atoms. The lowest BCUT2D eigenvalue weighted by atomic mass is 9.62. The van der Waals surface area contributed by atoms with E-state index in [-0.39, 0.29) is 17.0 Å². The first-order valence-corrected chi connectivity index (χ1v) is 14.5. The summed E-state index contributed by atoms with van der Waals surface area (Å²) in [6.45, 7) is 2.32. The molecule has 42 heavy (non-hydrogen) atoms. The van der Waals surface area contributed by atoms with E-state index in [1.807, 2.05) is 30.3 Å². The zero-order valence-corrected chi connectivity index (χ0v) is 23.0. The van der Waals surface area contributed by atoms with Crippen LogP contribution in [0.4, 0.5) is 14.6 Å². The van der Waals surface area contributed by atoms with Gasteiger partial charge in [-0.05, 0) is 73.8 Å². The van der Waals surface area contributed by atoms with Gasteiger partial charge in [-0.1, -0.05) is 25.1 Å². The summed E-state index contributed by atoms with van der Waals surface area (Å²) in [6, 6.07) is 17.0. The number of nitrogens with one attached hydrogen (secondary N) is 2. The van der Waals surface area contributed by atoms with E-state index < -0.39 is 11.6 Å². The normalized spacial score (nSPS) is 21.9. The van der Waals surface area contributed by atoms with Crippen LogP contribution in [0.3, 0.4) is 0 Å². The molecule has 2 atom stereocenters. The van der Waals surface area contributed by atoms with Crippen LogP contribution in [-0.4, -0.2) is 21.0 Å². The van der Waals surface area contributed by atoms with E-state index in [1.165, 1.54) is 31.7 Å². The van der Waals surface area contributed by atoms with Gasteiger partial charge in [0.15, 0.2) is 5.82 Å². The Labute approximate surface area is 239 Å². The summed E-state index contributed by atoms with van der Waals surface area (Å²) in [4.78, 5) is 25.8. The Kier molecular flexibility index (Phi) is 5.67. The van der Waals surface area contributed by atoms with Gasteiger partial charge in [0.25, 0.3) is 0 Å². The fraction of sp³-hybridized carbons (Fsp3) is 0.265. The van der Waals surface area contributed by atoms with Gasteiger partial charge in [-0.3, -0.25) is 4.79 Å². The summed E-state index contributed by atoms with van der Waals surface area (Å²) in [6.07, 6.45) is 6.57. The van der Waals surface area contributed by atoms with Crippen LogP contribution in [0.5, 0.6) is 0 Å². The summed E-state index contributed by atoms with van der Waals surface area (Å²) in [5, 5.41) is 5.12. The Morgan fingerprint density at radius 1 is 0.881 bits per heavy atom. The lowest BCUT2D eigenvalue weighted by Gasteiger charge is -2.47. The minimum atomic E-state index is -0.672. The molecule has 3 heterocycles. The third kappa shape index (κ3) is 4.00. The maximum Gasteiger partial charge on any atom is 0.200 e. The third-order valence-electron chi connectivity index (χ3n) is 9.50. The Morgan fingerprint density at radius 2 is 1.67 bits per heavy atom. The zero-order valence-electron chi connectivity index (χ0n) is 23.0. The molecule has 3 aliphatic carbocycles. The van der Waals surface area contributed by atoms with Gasteiger partial charge in [-0.2, -0.15) is 0 Å². The Bertz CT molecular complexity index is 2070. The molecule has 0 unspecified atom stereocenters. The minimum Gasteiger partial charge on any atom is -0.456 e. The standard InChI is InChI=1S/C34H28F2N4O2/c1-17-18-6-8-19(9-7-18)31(17)39-30-15-27(38-34(40-30)25-16-37-32-24(25)13-21(35)14-26(32)36)20-10-11-23-29(12-20)42-28-5-3-2-4-22(28)33(23)41/h2-5,10-19,31,37H,6-9H2,1H3,(H,38,39,40)/t17-,18?,19?,31+/m0/s1. The second-order valence-electron chi connectivity index (χ2n) is 11.8. The highest BCUT2D eigenvalue weighted by atomic mass is 19.1. The number of hydrogen-bond donors (Lipinski definition) is 2. The lowest BCUT2D eigenvalue weighted by Crippen LogP contribution is -2.47. The van der Waals surface area contributed by atoms with Crippen molar-refractivity contribution in [2.45, 2.75) is 38.6 Å². The van der Waals surface area contributed by atoms with Gasteiger partial charge < -0.3 is 14.7 Å². The molecule has 3 aromatic carbocycles. The molecule has 0 radical (unpaired) electrons. The molecule has 0 amide bonds. The smallest absolute Gasteiger partial charge is 0.200 e. The van der Waals surface area contributed by atoms with E-state index in [1.54, 1.807) is 24.4 Å². The van der Waals surface area contributed by atoms with Gasteiger partial charge in [0.1, 0.15) is 28.6 Å². The molecule has 8 heteroatoms. The molecule has 9 rings (SSSR count). The van der Waals surface area contributed by atoms with E-state index in [2.05, 4.69) is 17.2 Å². The number of hydrogen-bond acceptors (Lipinski definition) is 5. The predicted molar refractivity (Wildman–Crippen MR) is 160 cm³/mol. The van der Waals surface area contributed by atoms with E-state index in [9.17, 15) is 13.6 Å². The van der Waals surface area contributed by atoms with Crippen LogP contribution in [0.2, 0.25) is 0 Å². The number of H-pyrrole nitrogens is 1. The van der Waals surface area contributed by atoms with E-state index >= 15 is 0 Å². The van der Waals surface area contributed by atoms with Crippen molar-refractivity contribution in [3.8, 4) is 22.6 Å². The Balaban J connectivity index is 1.29. The predicted octanol–water partition coefficient (Wildman–Crippen LogP) is 8.07. The van der Waals surface area contributed by atoms with Crippen molar-refractivity contribution in [3.63, 3.8) is 0 Å². The molecule has 6 nitrogen and oxygen atoms in total. The molecule has 0 saturated heterocycles. The van der Waals surface area contributed by atoms with E-state index in [4.69, 9.17) is 14.4 Å². The van der Waals surface area contributed by atoms with Crippen molar-refractivity contribution in [2.75, 3.05) is 5.32 Å². The van der Waals surface area contributed by atoms with Crippen molar-refractivity contribution in [2.24, 2.45) is 17.8 Å². The maximum atomic E-state index is 14.6. The monoisotopic (exact) mass is 562 g/mol. The highest BCUT2D eigenvalue weighted by molar-refractivity contribution is 5.95. The summed E-state index contributed by atoms with van der Waals surface area (Å²) in [5.74, 6) is 1.45. The number of para-hydroxylation sites is 1. The first kappa shape index (κ1) is 25.1. The number of fused-ring (bicyclic) bond motifs is 6. The summed E-state index contributed by atoms with van der Waals surface area (Å²) in [7, 11) is 0. The summed E-state index contributed by atoms with van der Waals surface area (Å²) < 4.78 is 35.0. The van der Waals surface area contributed by atoms with Crippen molar-refractivity contribution < 1.29 is 13.2 Å². The lowest BCUT2D eigenvalue weighted by molar-refractivity contribution is 0.0928. The second-order valence-corrected chi connectivity index (χ2v) is 11.8. The van der Waals surface area contributed by atoms with Gasteiger partial charge in [-0.25, -0.2) is 18.7 Å². The SMILES string of the molecule is C[C@H]1C2CCC(CC2)[C@@H]1Nc1cc(-c2ccc3c(=O)c4ccccc4oc3c2)nc(-c2c[nH]c3c(F)cc(F)cc23)n1. The van der Waals surface area contributed by atoms with Crippen LogP contribution in [0, 0.1) is 29.4 Å². The molecule has 210 valence electrons. The van der Waals surface area contributed by atoms with Crippen LogP contribution in [0.25, 0.3) is 55.5 Å². The molecule has 3 aromatic heterocycles. The van der Waals surface area contributed by atoms with E-state index in [0.29, 0.717) is 68.0 Å². The van der Waals surface area contributed by atoms with Crippen molar-refractivity contribution in [1.82, 2.24) is 15.0 Å². The number of nitrogens with zero attached hydrogens (tertiary/aromatic N) is 2. The number of anilines is 1. The number of halogens is 2. The summed E-state index contributed by atoms with van der Waals surface area (Å²) in [5.41, 5.74) is 2.94. The quantitative estimate of drug-likeness (QED) is 0.212. The van der Waals surface area contributed by atoms with Crippen molar-refractivity contribution in [3.05, 3.63) is 88.7 Å². The highest BCUT2D eigenvalue weighted by Crippen LogP contribution is 2.46. The Hall–Kier alpha value is -4.59. The zero-order chi connectivity index (χ0) is 28.5. The Morgan fingerprint density at radius 3 is 2.50 bits per heavy atom. The average Bonchev–Trinajstić information content (AvgIpc) is 3.43. The van der Waals surface area contributed by atoms with Gasteiger partial charge in [0.05, 0.1) is 22.0 Å². The second kappa shape index (κ2) is 9.48. The van der Waals surface area contributed by atoms with Crippen LogP contribution < -0.4 is 10.7 Å². The van der Waals surface area contributed by atoms with Crippen LogP contribution in [0.1, 0.15) is 32.6 Å². The van der Waals surface area contributed by atoms with Crippen LogP contribution in [0.15, 0.2) is 76.1 Å². The molecule has 0 aliphatic heterocycles. The molecule has 3 fully saturated rings. The molecule has 3 aliphatic rings. The minimum absolute atomic E-state index is 0.0895. The molecule has 0 spiro atoms. The molecule has 3 saturated carbocycles. The third-order valence-corrected chi connectivity index (χ3v) is 9.50. The fourth-order valence-corrected chi connectivity index (χ4v) is 7.26. The van der Waals surface area contributed by atoms with Crippen molar-refractivity contribution >= 4 is 38.7 Å². The summed E-state index contributed by atoms with van der Waals surface area (Å²) >= 11 is 0. The highest BCUT2D eigenvalue weighted by Gasteiger charge is 2.41. The molecule has 6 aromatic rings. The van der Waals surface area contributed by atoms with Crippen LogP contribution >= 0.6 is 0 Å². The van der Waals surface area contributed by atoms with Crippen LogP contribution in [-0.2, 0) is 0 Å². The first-order chi connectivity index (χ1) is 20.4. The van der Waals surface area contributed by atoms with Gasteiger partial charge in [0, 0.05) is 40.9 Å². The molecule has 2 N–H and O–H groups in total. The largest absolute Gasteiger partial charge is 0.456 e. The maximum absolute atomic E-state index is 14.6. The van der Waals surface area contributed by atoms with Crippen molar-refractivity contribution in [1.29, 1.82) is 0 Å². The van der Waals surface area contributed by atoms with E-state index in [0.717, 1.165) is 11.6 Å². The number of rotatable bonds is 4. The molecular weight excluding hydrogens is 534 g/mol. The topological polar surface area (TPSA) is 83.8 Å².